The van der Waals surface area contributed by atoms with Gasteiger partial charge in [-0.25, -0.2) is 13.2 Å². The zero-order chi connectivity index (χ0) is 17.7. The summed E-state index contributed by atoms with van der Waals surface area (Å²) >= 11 is 0. The molecule has 0 aromatic heterocycles. The van der Waals surface area contributed by atoms with Crippen LogP contribution in [0.2, 0.25) is 0 Å². The molecule has 8 heteroatoms. The Kier molecular flexibility index (Phi) is 5.41. The first kappa shape index (κ1) is 17.3. The van der Waals surface area contributed by atoms with Crippen molar-refractivity contribution in [3.63, 3.8) is 0 Å². The topological polar surface area (TPSA) is 67.4 Å². The van der Waals surface area contributed by atoms with E-state index in [9.17, 15) is 22.8 Å². The lowest BCUT2D eigenvalue weighted by molar-refractivity contribution is -0.128. The molecule has 0 bridgehead atoms. The normalized spacial score (nSPS) is 11.5. The maximum atomic E-state index is 13.4. The summed E-state index contributed by atoms with van der Waals surface area (Å²) < 4.78 is 44.2. The molecule has 24 heavy (non-hydrogen) atoms. The van der Waals surface area contributed by atoms with Crippen LogP contribution in [0.5, 0.6) is 5.75 Å². The summed E-state index contributed by atoms with van der Waals surface area (Å²) in [5, 5.41) is 0. The molecule has 1 atom stereocenters. The lowest BCUT2D eigenvalue weighted by Crippen LogP contribution is -2.47. The highest BCUT2D eigenvalue weighted by molar-refractivity contribution is 5.95. The van der Waals surface area contributed by atoms with Gasteiger partial charge in [-0.15, -0.1) is 0 Å². The van der Waals surface area contributed by atoms with Gasteiger partial charge in [0.05, 0.1) is 5.56 Å². The second kappa shape index (κ2) is 7.49. The molecule has 0 fully saturated rings. The van der Waals surface area contributed by atoms with Crippen molar-refractivity contribution in [3.8, 4) is 5.75 Å². The van der Waals surface area contributed by atoms with Gasteiger partial charge >= 0.3 is 0 Å². The van der Waals surface area contributed by atoms with Gasteiger partial charge in [0.25, 0.3) is 11.8 Å². The van der Waals surface area contributed by atoms with Gasteiger partial charge in [-0.1, -0.05) is 0 Å². The minimum Gasteiger partial charge on any atom is -0.481 e. The van der Waals surface area contributed by atoms with E-state index in [-0.39, 0.29) is 5.75 Å². The number of hydrogen-bond acceptors (Lipinski definition) is 3. The smallest absolute Gasteiger partial charge is 0.279 e. The van der Waals surface area contributed by atoms with E-state index in [4.69, 9.17) is 4.74 Å². The summed E-state index contributed by atoms with van der Waals surface area (Å²) in [6.45, 7) is 1.41. The molecule has 2 rings (SSSR count). The summed E-state index contributed by atoms with van der Waals surface area (Å²) in [6.07, 6.45) is -1.01. The number of hydrazine groups is 1. The number of ether oxygens (including phenoxy) is 1. The first-order chi connectivity index (χ1) is 11.4. The molecule has 0 aliphatic carbocycles. The fourth-order valence-corrected chi connectivity index (χ4v) is 1.73. The van der Waals surface area contributed by atoms with Crippen molar-refractivity contribution in [1.82, 2.24) is 10.9 Å². The van der Waals surface area contributed by atoms with Gasteiger partial charge in [0.2, 0.25) is 0 Å². The molecule has 0 heterocycles. The Morgan fingerprint density at radius 1 is 0.958 bits per heavy atom. The van der Waals surface area contributed by atoms with Crippen LogP contribution >= 0.6 is 0 Å². The average Bonchev–Trinajstić information content (AvgIpc) is 2.54. The number of benzene rings is 2. The number of nitrogens with one attached hydrogen (secondary N) is 2. The Labute approximate surface area is 135 Å². The van der Waals surface area contributed by atoms with Crippen LogP contribution in [0.15, 0.2) is 42.5 Å². The molecule has 0 aliphatic rings. The van der Waals surface area contributed by atoms with Gasteiger partial charge in [0.1, 0.15) is 23.2 Å². The summed E-state index contributed by atoms with van der Waals surface area (Å²) in [5.41, 5.74) is 3.62. The Morgan fingerprint density at radius 3 is 2.21 bits per heavy atom. The molecule has 2 N–H and O–H groups in total. The lowest BCUT2D eigenvalue weighted by Gasteiger charge is -2.15. The van der Waals surface area contributed by atoms with Crippen molar-refractivity contribution in [3.05, 3.63) is 65.5 Å². The number of carbonyl (C=O) groups is 2. The van der Waals surface area contributed by atoms with E-state index in [0.29, 0.717) is 6.07 Å². The van der Waals surface area contributed by atoms with Crippen LogP contribution in [-0.4, -0.2) is 17.9 Å². The first-order valence-electron chi connectivity index (χ1n) is 6.84. The van der Waals surface area contributed by atoms with E-state index in [0.717, 1.165) is 12.1 Å². The average molecular weight is 338 g/mol. The molecule has 0 aliphatic heterocycles. The number of rotatable bonds is 4. The summed E-state index contributed by atoms with van der Waals surface area (Å²) in [5.74, 6) is -3.74. The molecule has 2 amide bonds. The second-order valence-electron chi connectivity index (χ2n) is 4.78. The fourth-order valence-electron chi connectivity index (χ4n) is 1.73. The molecule has 0 unspecified atom stereocenters. The highest BCUT2D eigenvalue weighted by atomic mass is 19.1. The molecule has 0 radical (unpaired) electrons. The van der Waals surface area contributed by atoms with E-state index >= 15 is 0 Å². The van der Waals surface area contributed by atoms with Crippen molar-refractivity contribution in [2.75, 3.05) is 0 Å². The van der Waals surface area contributed by atoms with E-state index < -0.39 is 40.9 Å². The van der Waals surface area contributed by atoms with Crippen LogP contribution in [-0.2, 0) is 4.79 Å². The van der Waals surface area contributed by atoms with Gasteiger partial charge in [-0.3, -0.25) is 20.4 Å². The van der Waals surface area contributed by atoms with Crippen LogP contribution in [0.25, 0.3) is 0 Å². The molecule has 5 nitrogen and oxygen atoms in total. The predicted octanol–water partition coefficient (Wildman–Crippen LogP) is 2.33. The van der Waals surface area contributed by atoms with Crippen molar-refractivity contribution in [2.24, 2.45) is 0 Å². The van der Waals surface area contributed by atoms with Crippen LogP contribution in [0, 0.1) is 17.5 Å². The molecule has 0 saturated carbocycles. The maximum absolute atomic E-state index is 13.4. The van der Waals surface area contributed by atoms with Gasteiger partial charge in [0.15, 0.2) is 6.10 Å². The molecule has 2 aromatic rings. The summed E-state index contributed by atoms with van der Waals surface area (Å²) in [7, 11) is 0. The van der Waals surface area contributed by atoms with E-state index in [1.54, 1.807) is 0 Å². The molecule has 126 valence electrons. The largest absolute Gasteiger partial charge is 0.481 e. The highest BCUT2D eigenvalue weighted by Crippen LogP contribution is 2.13. The minimum atomic E-state index is -1.06. The molecule has 0 spiro atoms. The Balaban J connectivity index is 1.89. The van der Waals surface area contributed by atoms with Crippen molar-refractivity contribution < 1.29 is 27.5 Å². The standard InChI is InChI=1S/C16H13F3N2O3/c1-9(24-12-5-2-10(17)3-6-12)15(22)20-21-16(23)13-7-4-11(18)8-14(13)19/h2-9H,1H3,(H,20,22)(H,21,23)/t9-/m1/s1. The Morgan fingerprint density at radius 2 is 1.58 bits per heavy atom. The first-order valence-corrected chi connectivity index (χ1v) is 6.84. The third kappa shape index (κ3) is 4.48. The third-order valence-electron chi connectivity index (χ3n) is 2.97. The van der Waals surface area contributed by atoms with Crippen LogP contribution in [0.3, 0.4) is 0 Å². The van der Waals surface area contributed by atoms with Crippen molar-refractivity contribution in [1.29, 1.82) is 0 Å². The summed E-state index contributed by atoms with van der Waals surface area (Å²) in [6, 6.07) is 7.43. The fraction of sp³-hybridized carbons (Fsp3) is 0.125. The Bertz CT molecular complexity index is 751. The van der Waals surface area contributed by atoms with Crippen LogP contribution in [0.1, 0.15) is 17.3 Å². The van der Waals surface area contributed by atoms with Crippen molar-refractivity contribution >= 4 is 11.8 Å². The molecular formula is C16H13F3N2O3. The SMILES string of the molecule is C[C@@H](Oc1ccc(F)cc1)C(=O)NNC(=O)c1ccc(F)cc1F. The second-order valence-corrected chi connectivity index (χ2v) is 4.78. The van der Waals surface area contributed by atoms with Crippen LogP contribution < -0.4 is 15.6 Å². The zero-order valence-electron chi connectivity index (χ0n) is 12.5. The molecular weight excluding hydrogens is 325 g/mol. The van der Waals surface area contributed by atoms with E-state index in [2.05, 4.69) is 5.43 Å². The summed E-state index contributed by atoms with van der Waals surface area (Å²) in [4.78, 5) is 23.5. The van der Waals surface area contributed by atoms with Gasteiger partial charge in [-0.05, 0) is 43.3 Å². The zero-order valence-corrected chi connectivity index (χ0v) is 12.5. The lowest BCUT2D eigenvalue weighted by atomic mass is 10.2. The maximum Gasteiger partial charge on any atom is 0.279 e. The number of halogens is 3. The Hall–Kier alpha value is -3.03. The van der Waals surface area contributed by atoms with Gasteiger partial charge in [0, 0.05) is 6.07 Å². The van der Waals surface area contributed by atoms with Crippen LogP contribution in [0.4, 0.5) is 13.2 Å². The van der Waals surface area contributed by atoms with E-state index in [1.165, 1.54) is 31.2 Å². The number of carbonyl (C=O) groups excluding carboxylic acids is 2. The third-order valence-corrected chi connectivity index (χ3v) is 2.97. The molecule has 0 saturated heterocycles. The van der Waals surface area contributed by atoms with Gasteiger partial charge in [-0.2, -0.15) is 0 Å². The number of hydrogen-bond donors (Lipinski definition) is 2. The number of amides is 2. The minimum absolute atomic E-state index is 0.259. The predicted molar refractivity (Wildman–Crippen MR) is 78.5 cm³/mol. The van der Waals surface area contributed by atoms with E-state index in [1.807, 2.05) is 5.43 Å². The van der Waals surface area contributed by atoms with Crippen molar-refractivity contribution in [2.45, 2.75) is 13.0 Å². The molecule has 2 aromatic carbocycles. The van der Waals surface area contributed by atoms with Gasteiger partial charge < -0.3 is 4.74 Å². The quantitative estimate of drug-likeness (QED) is 0.841. The monoisotopic (exact) mass is 338 g/mol. The highest BCUT2D eigenvalue weighted by Gasteiger charge is 2.17.